The highest BCUT2D eigenvalue weighted by atomic mass is 16.5. The lowest BCUT2D eigenvalue weighted by Crippen LogP contribution is -2.18. The summed E-state index contributed by atoms with van der Waals surface area (Å²) < 4.78 is 17.3. The fourth-order valence-electron chi connectivity index (χ4n) is 2.68. The number of hydrogen-bond acceptors (Lipinski definition) is 7. The number of hydrogen-bond donors (Lipinski definition) is 2. The number of aromatic hydroxyl groups is 1. The van der Waals surface area contributed by atoms with Crippen molar-refractivity contribution in [3.63, 3.8) is 0 Å². The second-order valence-corrected chi connectivity index (χ2v) is 5.77. The molecule has 1 amide bonds. The molecule has 0 atom stereocenters. The Balaban J connectivity index is 1.78. The van der Waals surface area contributed by atoms with E-state index in [9.17, 15) is 9.90 Å². The molecule has 0 saturated carbocycles. The first-order valence-corrected chi connectivity index (χ1v) is 8.55. The van der Waals surface area contributed by atoms with E-state index in [1.807, 2.05) is 18.2 Å². The molecule has 0 unspecified atom stereocenters. The van der Waals surface area contributed by atoms with Crippen molar-refractivity contribution >= 4 is 12.1 Å². The molecule has 2 aromatic carbocycles. The average molecular weight is 396 g/mol. The van der Waals surface area contributed by atoms with Crippen molar-refractivity contribution in [2.24, 2.45) is 5.10 Å². The summed E-state index contributed by atoms with van der Waals surface area (Å²) in [6.07, 6.45) is 2.75. The summed E-state index contributed by atoms with van der Waals surface area (Å²) in [6, 6.07) is 12.5. The van der Waals surface area contributed by atoms with E-state index in [2.05, 4.69) is 15.6 Å². The topological polar surface area (TPSA) is 107 Å². The van der Waals surface area contributed by atoms with Gasteiger partial charge in [-0.25, -0.2) is 10.1 Å². The lowest BCUT2D eigenvalue weighted by molar-refractivity contribution is 0.0947. The molecule has 0 saturated heterocycles. The fraction of sp³-hybridized carbons (Fsp3) is 0.150. The molecule has 2 N–H and O–H groups in total. The molecule has 0 spiro atoms. The number of amides is 1. The smallest absolute Gasteiger partial charge is 0.295 e. The minimum Gasteiger partial charge on any atom is -0.504 e. The minimum atomic E-state index is -0.659. The summed E-state index contributed by atoms with van der Waals surface area (Å²) >= 11 is 0. The van der Waals surface area contributed by atoms with Crippen molar-refractivity contribution in [3.8, 4) is 28.7 Å². The largest absolute Gasteiger partial charge is 0.504 e. The molecule has 0 bridgehead atoms. The van der Waals surface area contributed by atoms with Crippen LogP contribution in [0.25, 0.3) is 5.69 Å². The lowest BCUT2D eigenvalue weighted by Gasteiger charge is -2.13. The minimum absolute atomic E-state index is 0.148. The first-order chi connectivity index (χ1) is 14.1. The van der Waals surface area contributed by atoms with Crippen molar-refractivity contribution in [1.82, 2.24) is 15.2 Å². The second kappa shape index (κ2) is 8.79. The van der Waals surface area contributed by atoms with Gasteiger partial charge in [-0.05, 0) is 24.3 Å². The maximum Gasteiger partial charge on any atom is 0.295 e. The molecular weight excluding hydrogens is 376 g/mol. The SMILES string of the molecule is COc1ccc(/C=N/NC(=O)c2nn(-c3ccccc3)cc2O)c(OC)c1OC. The predicted octanol–water partition coefficient (Wildman–Crippen LogP) is 2.37. The normalized spacial score (nSPS) is 10.7. The highest BCUT2D eigenvalue weighted by Crippen LogP contribution is 2.38. The highest BCUT2D eigenvalue weighted by molar-refractivity contribution is 5.95. The summed E-state index contributed by atoms with van der Waals surface area (Å²) in [5.74, 6) is 0.394. The van der Waals surface area contributed by atoms with Crippen LogP contribution in [0.4, 0.5) is 0 Å². The maximum atomic E-state index is 12.3. The number of para-hydroxylation sites is 1. The van der Waals surface area contributed by atoms with Crippen LogP contribution in [-0.2, 0) is 0 Å². The van der Waals surface area contributed by atoms with E-state index in [-0.39, 0.29) is 11.4 Å². The molecule has 1 aromatic heterocycles. The van der Waals surface area contributed by atoms with E-state index in [0.29, 0.717) is 28.5 Å². The van der Waals surface area contributed by atoms with E-state index in [0.717, 1.165) is 0 Å². The number of aromatic nitrogens is 2. The summed E-state index contributed by atoms with van der Waals surface area (Å²) in [7, 11) is 4.50. The number of benzene rings is 2. The van der Waals surface area contributed by atoms with Crippen molar-refractivity contribution in [2.75, 3.05) is 21.3 Å². The van der Waals surface area contributed by atoms with Crippen molar-refractivity contribution in [1.29, 1.82) is 0 Å². The maximum absolute atomic E-state index is 12.3. The Labute approximate surface area is 167 Å². The zero-order valence-corrected chi connectivity index (χ0v) is 16.1. The lowest BCUT2D eigenvalue weighted by atomic mass is 10.2. The number of methoxy groups -OCH3 is 3. The van der Waals surface area contributed by atoms with Gasteiger partial charge in [0.05, 0.1) is 39.4 Å². The monoisotopic (exact) mass is 396 g/mol. The van der Waals surface area contributed by atoms with E-state index in [1.165, 1.54) is 38.4 Å². The van der Waals surface area contributed by atoms with Crippen molar-refractivity contribution in [2.45, 2.75) is 0 Å². The van der Waals surface area contributed by atoms with Crippen LogP contribution < -0.4 is 19.6 Å². The third-order valence-corrected chi connectivity index (χ3v) is 4.04. The van der Waals surface area contributed by atoms with E-state index in [4.69, 9.17) is 14.2 Å². The van der Waals surface area contributed by atoms with Gasteiger partial charge in [-0.15, -0.1) is 0 Å². The van der Waals surface area contributed by atoms with Gasteiger partial charge in [-0.2, -0.15) is 10.2 Å². The van der Waals surface area contributed by atoms with Gasteiger partial charge in [-0.3, -0.25) is 4.79 Å². The summed E-state index contributed by atoms with van der Waals surface area (Å²) in [5.41, 5.74) is 3.46. The third kappa shape index (κ3) is 4.13. The molecule has 9 nitrogen and oxygen atoms in total. The Morgan fingerprint density at radius 2 is 1.79 bits per heavy atom. The van der Waals surface area contributed by atoms with E-state index < -0.39 is 5.91 Å². The van der Waals surface area contributed by atoms with Gasteiger partial charge in [0.2, 0.25) is 5.75 Å². The van der Waals surface area contributed by atoms with E-state index >= 15 is 0 Å². The van der Waals surface area contributed by atoms with Crippen molar-refractivity contribution in [3.05, 3.63) is 59.9 Å². The molecule has 1 heterocycles. The average Bonchev–Trinajstić information content (AvgIpc) is 3.15. The Kier molecular flexibility index (Phi) is 5.98. The molecule has 3 rings (SSSR count). The molecule has 0 radical (unpaired) electrons. The Morgan fingerprint density at radius 3 is 2.45 bits per heavy atom. The van der Waals surface area contributed by atoms with Gasteiger partial charge in [0.15, 0.2) is 22.9 Å². The summed E-state index contributed by atoms with van der Waals surface area (Å²) in [6.45, 7) is 0. The third-order valence-electron chi connectivity index (χ3n) is 4.04. The number of carbonyl (C=O) groups excluding carboxylic acids is 1. The molecule has 3 aromatic rings. The van der Waals surface area contributed by atoms with Gasteiger partial charge in [0, 0.05) is 5.56 Å². The van der Waals surface area contributed by atoms with Crippen LogP contribution in [0.15, 0.2) is 53.8 Å². The Hall–Kier alpha value is -4.01. The fourth-order valence-corrected chi connectivity index (χ4v) is 2.68. The van der Waals surface area contributed by atoms with Gasteiger partial charge < -0.3 is 19.3 Å². The summed E-state index contributed by atoms with van der Waals surface area (Å²) in [5, 5.41) is 18.1. The molecule has 150 valence electrons. The van der Waals surface area contributed by atoms with Crippen LogP contribution in [0.5, 0.6) is 23.0 Å². The van der Waals surface area contributed by atoms with Crippen LogP contribution in [0.1, 0.15) is 16.1 Å². The first-order valence-electron chi connectivity index (χ1n) is 8.55. The van der Waals surface area contributed by atoms with Crippen LogP contribution in [0, 0.1) is 0 Å². The van der Waals surface area contributed by atoms with Gasteiger partial charge in [0.1, 0.15) is 0 Å². The molecule has 9 heteroatoms. The number of ether oxygens (including phenoxy) is 3. The number of nitrogens with zero attached hydrogens (tertiary/aromatic N) is 3. The zero-order chi connectivity index (χ0) is 20.8. The molecule has 0 aliphatic carbocycles. The molecule has 0 aliphatic heterocycles. The van der Waals surface area contributed by atoms with Crippen LogP contribution >= 0.6 is 0 Å². The number of nitrogens with one attached hydrogen (secondary N) is 1. The quantitative estimate of drug-likeness (QED) is 0.469. The molecule has 0 aliphatic rings. The number of rotatable bonds is 7. The number of hydrazone groups is 1. The van der Waals surface area contributed by atoms with Gasteiger partial charge >= 0.3 is 0 Å². The van der Waals surface area contributed by atoms with Crippen LogP contribution in [0.2, 0.25) is 0 Å². The zero-order valence-electron chi connectivity index (χ0n) is 16.1. The Morgan fingerprint density at radius 1 is 1.07 bits per heavy atom. The molecule has 0 fully saturated rings. The van der Waals surface area contributed by atoms with Crippen LogP contribution in [0.3, 0.4) is 0 Å². The predicted molar refractivity (Wildman–Crippen MR) is 106 cm³/mol. The summed E-state index contributed by atoms with van der Waals surface area (Å²) in [4.78, 5) is 12.3. The number of carbonyl (C=O) groups is 1. The van der Waals surface area contributed by atoms with Gasteiger partial charge in [0.25, 0.3) is 5.91 Å². The highest BCUT2D eigenvalue weighted by Gasteiger charge is 2.17. The second-order valence-electron chi connectivity index (χ2n) is 5.77. The first kappa shape index (κ1) is 19.7. The molecular formula is C20H20N4O5. The Bertz CT molecular complexity index is 1030. The molecule has 29 heavy (non-hydrogen) atoms. The van der Waals surface area contributed by atoms with Gasteiger partial charge in [-0.1, -0.05) is 18.2 Å². The standard InChI is InChI=1S/C20H20N4O5/c1-27-16-10-9-13(18(28-2)19(16)29-3)11-21-22-20(26)17-15(25)12-24(23-17)14-7-5-4-6-8-14/h4-12,25H,1-3H3,(H,22,26)/b21-11+. The van der Waals surface area contributed by atoms with Crippen LogP contribution in [-0.4, -0.2) is 48.3 Å². The van der Waals surface area contributed by atoms with Crippen molar-refractivity contribution < 1.29 is 24.1 Å². The van der Waals surface area contributed by atoms with E-state index in [1.54, 1.807) is 24.3 Å².